The number of hydrogen-bond donors (Lipinski definition) is 2. The molecule has 1 aromatic rings. The van der Waals surface area contributed by atoms with Crippen molar-refractivity contribution in [1.29, 1.82) is 0 Å². The number of nitrogens with two attached hydrogens (primary N) is 1. The number of rotatable bonds is 3. The van der Waals surface area contributed by atoms with Crippen molar-refractivity contribution in [3.8, 4) is 0 Å². The molecule has 1 aliphatic heterocycles. The predicted octanol–water partition coefficient (Wildman–Crippen LogP) is 0.550. The molecule has 3 N–H and O–H groups in total. The standard InChI is InChI=1S/C14H18N2O3/c1-9-2-4-10(5-3-9)6-13(17)16-8-11(15)7-12(16)14(18)19/h2-5,11-12H,6-8,15H2,1H3,(H,18,19). The number of carbonyl (C=O) groups is 2. The van der Waals surface area contributed by atoms with Gasteiger partial charge in [-0.25, -0.2) is 4.79 Å². The molecule has 2 rings (SSSR count). The van der Waals surface area contributed by atoms with Gasteiger partial charge < -0.3 is 15.7 Å². The zero-order chi connectivity index (χ0) is 14.0. The quantitative estimate of drug-likeness (QED) is 0.833. The summed E-state index contributed by atoms with van der Waals surface area (Å²) in [6, 6.07) is 6.62. The molecule has 1 saturated heterocycles. The van der Waals surface area contributed by atoms with Crippen molar-refractivity contribution in [2.75, 3.05) is 6.54 Å². The van der Waals surface area contributed by atoms with Gasteiger partial charge in [-0.15, -0.1) is 0 Å². The number of benzene rings is 1. The van der Waals surface area contributed by atoms with E-state index in [1.807, 2.05) is 31.2 Å². The summed E-state index contributed by atoms with van der Waals surface area (Å²) < 4.78 is 0. The molecule has 0 spiro atoms. The van der Waals surface area contributed by atoms with E-state index in [0.717, 1.165) is 11.1 Å². The summed E-state index contributed by atoms with van der Waals surface area (Å²) in [5, 5.41) is 9.10. The maximum atomic E-state index is 12.2. The van der Waals surface area contributed by atoms with Crippen molar-refractivity contribution in [3.05, 3.63) is 35.4 Å². The third kappa shape index (κ3) is 3.12. The minimum Gasteiger partial charge on any atom is -0.480 e. The molecule has 5 nitrogen and oxygen atoms in total. The highest BCUT2D eigenvalue weighted by Crippen LogP contribution is 2.18. The summed E-state index contributed by atoms with van der Waals surface area (Å²) in [7, 11) is 0. The second kappa shape index (κ2) is 5.40. The van der Waals surface area contributed by atoms with Gasteiger partial charge in [0.2, 0.25) is 5.91 Å². The smallest absolute Gasteiger partial charge is 0.326 e. The first-order chi connectivity index (χ1) is 8.97. The monoisotopic (exact) mass is 262 g/mol. The molecule has 0 saturated carbocycles. The van der Waals surface area contributed by atoms with E-state index in [1.165, 1.54) is 4.90 Å². The second-order valence-corrected chi connectivity index (χ2v) is 5.06. The Labute approximate surface area is 112 Å². The zero-order valence-electron chi connectivity index (χ0n) is 10.9. The van der Waals surface area contributed by atoms with Crippen LogP contribution >= 0.6 is 0 Å². The molecule has 1 amide bonds. The number of hydrogen-bond acceptors (Lipinski definition) is 3. The molecule has 2 unspecified atom stereocenters. The van der Waals surface area contributed by atoms with Gasteiger partial charge in [-0.2, -0.15) is 0 Å². The van der Waals surface area contributed by atoms with Crippen LogP contribution < -0.4 is 5.73 Å². The number of aliphatic carboxylic acids is 1. The largest absolute Gasteiger partial charge is 0.480 e. The number of carboxylic acid groups (broad SMARTS) is 1. The van der Waals surface area contributed by atoms with Crippen LogP contribution in [0.3, 0.4) is 0 Å². The molecular formula is C14H18N2O3. The Balaban J connectivity index is 2.06. The van der Waals surface area contributed by atoms with Crippen LogP contribution in [0.25, 0.3) is 0 Å². The molecule has 1 aliphatic rings. The number of carboxylic acids is 1. The van der Waals surface area contributed by atoms with Crippen molar-refractivity contribution in [2.45, 2.75) is 31.8 Å². The Bertz CT molecular complexity index is 484. The summed E-state index contributed by atoms with van der Waals surface area (Å²) in [4.78, 5) is 24.7. The number of likely N-dealkylation sites (tertiary alicyclic amines) is 1. The Kier molecular flexibility index (Phi) is 3.85. The summed E-state index contributed by atoms with van der Waals surface area (Å²) >= 11 is 0. The first-order valence-corrected chi connectivity index (χ1v) is 6.31. The molecule has 0 bridgehead atoms. The van der Waals surface area contributed by atoms with Gasteiger partial charge in [-0.1, -0.05) is 29.8 Å². The summed E-state index contributed by atoms with van der Waals surface area (Å²) in [6.07, 6.45) is 0.547. The number of nitrogens with zero attached hydrogens (tertiary/aromatic N) is 1. The van der Waals surface area contributed by atoms with Crippen molar-refractivity contribution in [2.24, 2.45) is 5.73 Å². The van der Waals surface area contributed by atoms with Crippen LogP contribution in [0.15, 0.2) is 24.3 Å². The number of amides is 1. The van der Waals surface area contributed by atoms with Crippen molar-refractivity contribution >= 4 is 11.9 Å². The van der Waals surface area contributed by atoms with Gasteiger partial charge in [0.05, 0.1) is 6.42 Å². The minimum absolute atomic E-state index is 0.177. The molecule has 5 heteroatoms. The summed E-state index contributed by atoms with van der Waals surface area (Å²) in [6.45, 7) is 2.30. The highest BCUT2D eigenvalue weighted by molar-refractivity contribution is 5.85. The SMILES string of the molecule is Cc1ccc(CC(=O)N2CC(N)CC2C(=O)O)cc1. The lowest BCUT2D eigenvalue weighted by molar-refractivity contribution is -0.148. The van der Waals surface area contributed by atoms with Gasteiger partial charge >= 0.3 is 5.97 Å². The van der Waals surface area contributed by atoms with Crippen molar-refractivity contribution < 1.29 is 14.7 Å². The number of carbonyl (C=O) groups excluding carboxylic acids is 1. The van der Waals surface area contributed by atoms with E-state index >= 15 is 0 Å². The molecule has 0 radical (unpaired) electrons. The molecule has 102 valence electrons. The summed E-state index contributed by atoms with van der Waals surface area (Å²) in [5.41, 5.74) is 7.76. The lowest BCUT2D eigenvalue weighted by Crippen LogP contribution is -2.41. The molecule has 0 aromatic heterocycles. The fraction of sp³-hybridized carbons (Fsp3) is 0.429. The van der Waals surface area contributed by atoms with E-state index in [0.29, 0.717) is 13.0 Å². The Morgan fingerprint density at radius 3 is 2.58 bits per heavy atom. The molecule has 0 aliphatic carbocycles. The van der Waals surface area contributed by atoms with Gasteiger partial charge in [0, 0.05) is 12.6 Å². The van der Waals surface area contributed by atoms with Crippen LogP contribution in [0, 0.1) is 6.92 Å². The Morgan fingerprint density at radius 1 is 1.37 bits per heavy atom. The molecular weight excluding hydrogens is 244 g/mol. The lowest BCUT2D eigenvalue weighted by atomic mass is 10.1. The minimum atomic E-state index is -0.981. The third-order valence-electron chi connectivity index (χ3n) is 3.41. The van der Waals surface area contributed by atoms with Crippen LogP contribution in [0.5, 0.6) is 0 Å². The molecule has 19 heavy (non-hydrogen) atoms. The molecule has 1 fully saturated rings. The molecule has 1 heterocycles. The Morgan fingerprint density at radius 2 is 2.00 bits per heavy atom. The van der Waals surface area contributed by atoms with Crippen LogP contribution in [0.4, 0.5) is 0 Å². The van der Waals surface area contributed by atoms with Crippen LogP contribution in [-0.4, -0.2) is 40.5 Å². The van der Waals surface area contributed by atoms with Gasteiger partial charge in [-0.05, 0) is 18.9 Å². The van der Waals surface area contributed by atoms with Crippen molar-refractivity contribution in [3.63, 3.8) is 0 Å². The average molecular weight is 262 g/mol. The van der Waals surface area contributed by atoms with Crippen LogP contribution in [0.1, 0.15) is 17.5 Å². The second-order valence-electron chi connectivity index (χ2n) is 5.06. The van der Waals surface area contributed by atoms with Crippen LogP contribution in [-0.2, 0) is 16.0 Å². The van der Waals surface area contributed by atoms with Crippen LogP contribution in [0.2, 0.25) is 0 Å². The van der Waals surface area contributed by atoms with E-state index < -0.39 is 12.0 Å². The maximum absolute atomic E-state index is 12.2. The lowest BCUT2D eigenvalue weighted by Gasteiger charge is -2.21. The fourth-order valence-electron chi connectivity index (χ4n) is 2.36. The topological polar surface area (TPSA) is 83.6 Å². The Hall–Kier alpha value is -1.88. The average Bonchev–Trinajstić information content (AvgIpc) is 2.74. The van der Waals surface area contributed by atoms with E-state index in [-0.39, 0.29) is 18.4 Å². The van der Waals surface area contributed by atoms with E-state index in [2.05, 4.69) is 0 Å². The van der Waals surface area contributed by atoms with Crippen molar-refractivity contribution in [1.82, 2.24) is 4.90 Å². The van der Waals surface area contributed by atoms with E-state index in [4.69, 9.17) is 10.8 Å². The van der Waals surface area contributed by atoms with E-state index in [1.54, 1.807) is 0 Å². The first-order valence-electron chi connectivity index (χ1n) is 6.31. The highest BCUT2D eigenvalue weighted by atomic mass is 16.4. The first kappa shape index (κ1) is 13.5. The normalized spacial score (nSPS) is 22.5. The van der Waals surface area contributed by atoms with Gasteiger partial charge in [0.25, 0.3) is 0 Å². The zero-order valence-corrected chi connectivity index (χ0v) is 10.9. The maximum Gasteiger partial charge on any atom is 0.326 e. The molecule has 1 aromatic carbocycles. The van der Waals surface area contributed by atoms with E-state index in [9.17, 15) is 9.59 Å². The summed E-state index contributed by atoms with van der Waals surface area (Å²) in [5.74, 6) is -1.16. The fourth-order valence-corrected chi connectivity index (χ4v) is 2.36. The highest BCUT2D eigenvalue weighted by Gasteiger charge is 2.37. The number of aryl methyl sites for hydroxylation is 1. The molecule has 2 atom stereocenters. The van der Waals surface area contributed by atoms with Gasteiger partial charge in [0.15, 0.2) is 0 Å². The predicted molar refractivity (Wildman–Crippen MR) is 70.6 cm³/mol. The third-order valence-corrected chi connectivity index (χ3v) is 3.41. The van der Waals surface area contributed by atoms with Gasteiger partial charge in [-0.3, -0.25) is 4.79 Å². The van der Waals surface area contributed by atoms with Gasteiger partial charge in [0.1, 0.15) is 6.04 Å².